The molecular formula is C19H22N2O5S. The van der Waals surface area contributed by atoms with Crippen molar-refractivity contribution in [3.8, 4) is 0 Å². The van der Waals surface area contributed by atoms with Crippen LogP contribution in [0.2, 0.25) is 0 Å². The Balaban J connectivity index is 2.23. The van der Waals surface area contributed by atoms with Crippen LogP contribution in [-0.4, -0.2) is 31.9 Å². The maximum absolute atomic E-state index is 12.6. The Morgan fingerprint density at radius 1 is 1.11 bits per heavy atom. The molecule has 2 aromatic rings. The molecular weight excluding hydrogens is 368 g/mol. The highest BCUT2D eigenvalue weighted by atomic mass is 32.2. The Bertz CT molecular complexity index is 954. The highest BCUT2D eigenvalue weighted by Crippen LogP contribution is 2.18. The summed E-state index contributed by atoms with van der Waals surface area (Å²) in [4.78, 5) is 23.3. The van der Waals surface area contributed by atoms with Crippen molar-refractivity contribution in [1.82, 2.24) is 4.72 Å². The molecule has 7 nitrogen and oxygen atoms in total. The molecule has 0 aromatic heterocycles. The zero-order chi connectivity index (χ0) is 20.0. The van der Waals surface area contributed by atoms with Crippen LogP contribution in [0.1, 0.15) is 34.8 Å². The highest BCUT2D eigenvalue weighted by molar-refractivity contribution is 7.89. The summed E-state index contributed by atoms with van der Waals surface area (Å²) < 4.78 is 26.7. The van der Waals surface area contributed by atoms with Crippen molar-refractivity contribution in [3.63, 3.8) is 0 Å². The van der Waals surface area contributed by atoms with E-state index in [-0.39, 0.29) is 23.4 Å². The fraction of sp³-hybridized carbons (Fsp3) is 0.263. The predicted molar refractivity (Wildman–Crippen MR) is 102 cm³/mol. The van der Waals surface area contributed by atoms with Gasteiger partial charge in [-0.05, 0) is 48.7 Å². The molecule has 8 heteroatoms. The molecule has 0 atom stereocenters. The minimum atomic E-state index is -3.66. The molecule has 0 heterocycles. The first-order valence-electron chi connectivity index (χ1n) is 8.45. The molecule has 2 rings (SSSR count). The van der Waals surface area contributed by atoms with Crippen molar-refractivity contribution in [1.29, 1.82) is 0 Å². The molecule has 0 aliphatic heterocycles. The summed E-state index contributed by atoms with van der Waals surface area (Å²) in [6, 6.07) is 11.3. The van der Waals surface area contributed by atoms with Crippen LogP contribution < -0.4 is 10.0 Å². The third kappa shape index (κ3) is 5.63. The van der Waals surface area contributed by atoms with Gasteiger partial charge in [0.15, 0.2) is 0 Å². The largest absolute Gasteiger partial charge is 0.481 e. The van der Waals surface area contributed by atoms with Crippen molar-refractivity contribution in [2.24, 2.45) is 0 Å². The van der Waals surface area contributed by atoms with Crippen molar-refractivity contribution >= 4 is 27.6 Å². The fourth-order valence-electron chi connectivity index (χ4n) is 2.54. The van der Waals surface area contributed by atoms with E-state index in [2.05, 4.69) is 10.0 Å². The van der Waals surface area contributed by atoms with E-state index in [0.717, 1.165) is 5.56 Å². The van der Waals surface area contributed by atoms with Gasteiger partial charge in [-0.3, -0.25) is 9.59 Å². The van der Waals surface area contributed by atoms with E-state index >= 15 is 0 Å². The van der Waals surface area contributed by atoms with Crippen LogP contribution in [0.3, 0.4) is 0 Å². The summed E-state index contributed by atoms with van der Waals surface area (Å²) in [5.41, 5.74) is 2.20. The number of carbonyl (C=O) groups excluding carboxylic acids is 1. The van der Waals surface area contributed by atoms with E-state index in [1.54, 1.807) is 44.2 Å². The molecule has 3 N–H and O–H groups in total. The first-order chi connectivity index (χ1) is 12.7. The predicted octanol–water partition coefficient (Wildman–Crippen LogP) is 2.56. The van der Waals surface area contributed by atoms with Gasteiger partial charge in [0.25, 0.3) is 5.91 Å². The SMILES string of the molecule is CCNS(=O)(=O)c1ccc(C)c(C(=O)Nc2cccc(CCC(=O)O)c2)c1. The first kappa shape index (κ1) is 20.6. The molecule has 0 aliphatic carbocycles. The van der Waals surface area contributed by atoms with Gasteiger partial charge in [-0.2, -0.15) is 0 Å². The summed E-state index contributed by atoms with van der Waals surface area (Å²) in [7, 11) is -3.66. The maximum Gasteiger partial charge on any atom is 0.303 e. The lowest BCUT2D eigenvalue weighted by atomic mass is 10.1. The molecule has 0 aliphatic rings. The number of nitrogens with one attached hydrogen (secondary N) is 2. The average Bonchev–Trinajstić information content (AvgIpc) is 2.60. The van der Waals surface area contributed by atoms with Crippen LogP contribution in [0.25, 0.3) is 0 Å². The Morgan fingerprint density at radius 2 is 1.85 bits per heavy atom. The fourth-order valence-corrected chi connectivity index (χ4v) is 3.61. The van der Waals surface area contributed by atoms with Gasteiger partial charge in [-0.1, -0.05) is 25.1 Å². The molecule has 2 aromatic carbocycles. The smallest absolute Gasteiger partial charge is 0.303 e. The summed E-state index contributed by atoms with van der Waals surface area (Å²) >= 11 is 0. The van der Waals surface area contributed by atoms with Gasteiger partial charge in [-0.25, -0.2) is 13.1 Å². The number of amides is 1. The van der Waals surface area contributed by atoms with Gasteiger partial charge in [0, 0.05) is 24.2 Å². The molecule has 0 spiro atoms. The number of aliphatic carboxylic acids is 1. The zero-order valence-corrected chi connectivity index (χ0v) is 16.0. The van der Waals surface area contributed by atoms with E-state index in [0.29, 0.717) is 17.7 Å². The van der Waals surface area contributed by atoms with E-state index in [1.165, 1.54) is 12.1 Å². The van der Waals surface area contributed by atoms with Crippen LogP contribution >= 0.6 is 0 Å². The Morgan fingerprint density at radius 3 is 2.52 bits per heavy atom. The van der Waals surface area contributed by atoms with Gasteiger partial charge >= 0.3 is 5.97 Å². The lowest BCUT2D eigenvalue weighted by Crippen LogP contribution is -2.24. The minimum Gasteiger partial charge on any atom is -0.481 e. The van der Waals surface area contributed by atoms with E-state index in [1.807, 2.05) is 0 Å². The summed E-state index contributed by atoms with van der Waals surface area (Å²) in [6.07, 6.45) is 0.356. The zero-order valence-electron chi connectivity index (χ0n) is 15.2. The molecule has 0 radical (unpaired) electrons. The number of benzene rings is 2. The van der Waals surface area contributed by atoms with Crippen LogP contribution in [-0.2, 0) is 21.2 Å². The standard InChI is InChI=1S/C19H22N2O5S/c1-3-20-27(25,26)16-9-7-13(2)17(12-16)19(24)21-15-6-4-5-14(11-15)8-10-18(22)23/h4-7,9,11-12,20H,3,8,10H2,1-2H3,(H,21,24)(H,22,23). The maximum atomic E-state index is 12.6. The average molecular weight is 390 g/mol. The quantitative estimate of drug-likeness (QED) is 0.641. The number of sulfonamides is 1. The Hall–Kier alpha value is -2.71. The Labute approximate surface area is 158 Å². The lowest BCUT2D eigenvalue weighted by Gasteiger charge is -2.11. The highest BCUT2D eigenvalue weighted by Gasteiger charge is 2.17. The number of anilines is 1. The third-order valence-corrected chi connectivity index (χ3v) is 5.45. The Kier molecular flexibility index (Phi) is 6.70. The summed E-state index contributed by atoms with van der Waals surface area (Å²) in [6.45, 7) is 3.65. The van der Waals surface area contributed by atoms with Crippen molar-refractivity contribution in [2.75, 3.05) is 11.9 Å². The van der Waals surface area contributed by atoms with Crippen LogP contribution in [0, 0.1) is 6.92 Å². The number of carboxylic acid groups (broad SMARTS) is 1. The van der Waals surface area contributed by atoms with E-state index < -0.39 is 21.9 Å². The van der Waals surface area contributed by atoms with Crippen molar-refractivity contribution < 1.29 is 23.1 Å². The van der Waals surface area contributed by atoms with Gasteiger partial charge in [-0.15, -0.1) is 0 Å². The number of carbonyl (C=O) groups is 2. The second-order valence-corrected chi connectivity index (χ2v) is 7.79. The minimum absolute atomic E-state index is 0.000835. The number of rotatable bonds is 8. The van der Waals surface area contributed by atoms with Gasteiger partial charge in [0.2, 0.25) is 10.0 Å². The van der Waals surface area contributed by atoms with Crippen LogP contribution in [0.4, 0.5) is 5.69 Å². The molecule has 144 valence electrons. The molecule has 1 amide bonds. The van der Waals surface area contributed by atoms with Gasteiger partial charge in [0.05, 0.1) is 4.90 Å². The first-order valence-corrected chi connectivity index (χ1v) is 9.93. The van der Waals surface area contributed by atoms with Crippen molar-refractivity contribution in [3.05, 3.63) is 59.2 Å². The number of hydrogen-bond donors (Lipinski definition) is 3. The lowest BCUT2D eigenvalue weighted by molar-refractivity contribution is -0.136. The van der Waals surface area contributed by atoms with Crippen LogP contribution in [0.5, 0.6) is 0 Å². The summed E-state index contributed by atoms with van der Waals surface area (Å²) in [5.74, 6) is -1.32. The van der Waals surface area contributed by atoms with Crippen molar-refractivity contribution in [2.45, 2.75) is 31.6 Å². The van der Waals surface area contributed by atoms with E-state index in [9.17, 15) is 18.0 Å². The molecule has 0 saturated heterocycles. The second-order valence-electron chi connectivity index (χ2n) is 6.03. The molecule has 0 fully saturated rings. The van der Waals surface area contributed by atoms with Gasteiger partial charge < -0.3 is 10.4 Å². The van der Waals surface area contributed by atoms with E-state index in [4.69, 9.17) is 5.11 Å². The van der Waals surface area contributed by atoms with Crippen LogP contribution in [0.15, 0.2) is 47.4 Å². The topological polar surface area (TPSA) is 113 Å². The molecule has 0 saturated carbocycles. The molecule has 27 heavy (non-hydrogen) atoms. The summed E-state index contributed by atoms with van der Waals surface area (Å²) in [5, 5.41) is 11.5. The molecule has 0 bridgehead atoms. The number of aryl methyl sites for hydroxylation is 2. The normalized spacial score (nSPS) is 11.2. The third-order valence-electron chi connectivity index (χ3n) is 3.91. The van der Waals surface area contributed by atoms with Gasteiger partial charge in [0.1, 0.15) is 0 Å². The monoisotopic (exact) mass is 390 g/mol. The molecule has 0 unspecified atom stereocenters. The second kappa shape index (κ2) is 8.79. The number of hydrogen-bond acceptors (Lipinski definition) is 4. The number of carboxylic acids is 1.